The smallest absolute Gasteiger partial charge is 0.253 e. The fraction of sp³-hybridized carbons (Fsp3) is 0.588. The number of carbonyl (C=O) groups is 1. The van der Waals surface area contributed by atoms with Crippen molar-refractivity contribution < 1.29 is 9.53 Å². The third-order valence-corrected chi connectivity index (χ3v) is 4.08. The lowest BCUT2D eigenvalue weighted by Gasteiger charge is -2.27. The largest absolute Gasteiger partial charge is 0.492 e. The number of hydrogen-bond acceptors (Lipinski definition) is 4. The van der Waals surface area contributed by atoms with Crippen LogP contribution in [-0.2, 0) is 0 Å². The van der Waals surface area contributed by atoms with Crippen LogP contribution in [0.3, 0.4) is 0 Å². The van der Waals surface area contributed by atoms with Crippen LogP contribution in [0.4, 0.5) is 0 Å². The van der Waals surface area contributed by atoms with Gasteiger partial charge >= 0.3 is 0 Å². The second-order valence-corrected chi connectivity index (χ2v) is 5.44. The first-order chi connectivity index (χ1) is 10.7. The molecule has 0 saturated carbocycles. The van der Waals surface area contributed by atoms with Crippen molar-refractivity contribution >= 4 is 30.7 Å². The molecule has 0 unspecified atom stereocenters. The van der Waals surface area contributed by atoms with Gasteiger partial charge in [-0.2, -0.15) is 0 Å². The maximum atomic E-state index is 12.3. The summed E-state index contributed by atoms with van der Waals surface area (Å²) in [5.41, 5.74) is 0.734. The van der Waals surface area contributed by atoms with Crippen LogP contribution in [0, 0.1) is 0 Å². The summed E-state index contributed by atoms with van der Waals surface area (Å²) in [4.78, 5) is 16.6. The number of benzene rings is 1. The molecule has 1 saturated heterocycles. The van der Waals surface area contributed by atoms with Gasteiger partial charge in [-0.3, -0.25) is 4.79 Å². The fourth-order valence-electron chi connectivity index (χ4n) is 2.58. The Morgan fingerprint density at radius 2 is 1.71 bits per heavy atom. The molecule has 1 aromatic carbocycles. The van der Waals surface area contributed by atoms with Crippen LogP contribution in [0.1, 0.15) is 24.2 Å². The zero-order valence-corrected chi connectivity index (χ0v) is 16.1. The molecule has 1 fully saturated rings. The van der Waals surface area contributed by atoms with Gasteiger partial charge in [0.15, 0.2) is 0 Å². The zero-order valence-electron chi connectivity index (χ0n) is 14.5. The Morgan fingerprint density at radius 3 is 2.25 bits per heavy atom. The third-order valence-electron chi connectivity index (χ3n) is 4.08. The number of nitrogens with one attached hydrogen (secondary N) is 1. The standard InChI is InChI=1S/C17H27N3O2.2ClH/c1-3-19(4-2)13-14-22-16-7-5-15(6-8-16)17(21)20-11-9-18-10-12-20;;/h5-8,18H,3-4,9-14H2,1-2H3;2*1H. The Labute approximate surface area is 157 Å². The van der Waals surface area contributed by atoms with Gasteiger partial charge in [-0.1, -0.05) is 13.8 Å². The van der Waals surface area contributed by atoms with Crippen molar-refractivity contribution in [3.05, 3.63) is 29.8 Å². The predicted octanol–water partition coefficient (Wildman–Crippen LogP) is 2.30. The van der Waals surface area contributed by atoms with Crippen molar-refractivity contribution in [1.29, 1.82) is 0 Å². The summed E-state index contributed by atoms with van der Waals surface area (Å²) in [6, 6.07) is 7.49. The van der Waals surface area contributed by atoms with E-state index in [9.17, 15) is 4.79 Å². The van der Waals surface area contributed by atoms with Crippen LogP contribution in [0.25, 0.3) is 0 Å². The number of nitrogens with zero attached hydrogens (tertiary/aromatic N) is 2. The molecule has 7 heteroatoms. The second kappa shape index (κ2) is 12.4. The zero-order chi connectivity index (χ0) is 15.8. The van der Waals surface area contributed by atoms with Gasteiger partial charge in [0, 0.05) is 38.3 Å². The minimum absolute atomic E-state index is 0. The predicted molar refractivity (Wildman–Crippen MR) is 103 cm³/mol. The van der Waals surface area contributed by atoms with Crippen molar-refractivity contribution in [2.75, 3.05) is 52.4 Å². The van der Waals surface area contributed by atoms with Crippen molar-refractivity contribution in [1.82, 2.24) is 15.1 Å². The molecule has 1 aliphatic rings. The number of hydrogen-bond donors (Lipinski definition) is 1. The van der Waals surface area contributed by atoms with E-state index in [4.69, 9.17) is 4.74 Å². The minimum atomic E-state index is 0. The fourth-order valence-corrected chi connectivity index (χ4v) is 2.58. The SMILES string of the molecule is CCN(CC)CCOc1ccc(C(=O)N2CCNCC2)cc1.Cl.Cl. The average Bonchev–Trinajstić information content (AvgIpc) is 2.59. The van der Waals surface area contributed by atoms with Gasteiger partial charge in [-0.15, -0.1) is 24.8 Å². The Morgan fingerprint density at radius 1 is 1.12 bits per heavy atom. The summed E-state index contributed by atoms with van der Waals surface area (Å²) in [5, 5.41) is 3.25. The first-order valence-corrected chi connectivity index (χ1v) is 8.19. The molecule has 1 heterocycles. The van der Waals surface area contributed by atoms with E-state index in [0.29, 0.717) is 6.61 Å². The molecular formula is C17H29Cl2N3O2. The van der Waals surface area contributed by atoms with Gasteiger partial charge in [-0.25, -0.2) is 0 Å². The Hall–Kier alpha value is -1.01. The summed E-state index contributed by atoms with van der Waals surface area (Å²) in [6.45, 7) is 11.3. The van der Waals surface area contributed by atoms with Crippen LogP contribution in [0.15, 0.2) is 24.3 Å². The van der Waals surface area contributed by atoms with E-state index in [1.165, 1.54) is 0 Å². The number of rotatable bonds is 7. The van der Waals surface area contributed by atoms with E-state index >= 15 is 0 Å². The van der Waals surface area contributed by atoms with Gasteiger partial charge in [0.2, 0.25) is 0 Å². The molecule has 0 bridgehead atoms. The summed E-state index contributed by atoms with van der Waals surface area (Å²) in [7, 11) is 0. The third kappa shape index (κ3) is 6.85. The van der Waals surface area contributed by atoms with E-state index in [2.05, 4.69) is 24.1 Å². The molecular weight excluding hydrogens is 349 g/mol. The van der Waals surface area contributed by atoms with Gasteiger partial charge in [0.25, 0.3) is 5.91 Å². The molecule has 0 aliphatic carbocycles. The number of carbonyl (C=O) groups excluding carboxylic acids is 1. The lowest BCUT2D eigenvalue weighted by atomic mass is 10.2. The lowest BCUT2D eigenvalue weighted by Crippen LogP contribution is -2.46. The molecule has 0 aromatic heterocycles. The highest BCUT2D eigenvalue weighted by molar-refractivity contribution is 5.94. The molecule has 5 nitrogen and oxygen atoms in total. The quantitative estimate of drug-likeness (QED) is 0.791. The Balaban J connectivity index is 0.00000264. The maximum Gasteiger partial charge on any atom is 0.253 e. The molecule has 1 aromatic rings. The highest BCUT2D eigenvalue weighted by Crippen LogP contribution is 2.14. The van der Waals surface area contributed by atoms with Gasteiger partial charge < -0.3 is 19.9 Å². The summed E-state index contributed by atoms with van der Waals surface area (Å²) < 4.78 is 5.74. The molecule has 1 amide bonds. The molecule has 0 atom stereocenters. The topological polar surface area (TPSA) is 44.8 Å². The van der Waals surface area contributed by atoms with E-state index < -0.39 is 0 Å². The number of amides is 1. The monoisotopic (exact) mass is 377 g/mol. The second-order valence-electron chi connectivity index (χ2n) is 5.44. The van der Waals surface area contributed by atoms with E-state index in [0.717, 1.165) is 57.1 Å². The first kappa shape index (κ1) is 23.0. The Kier molecular flexibility index (Phi) is 11.8. The first-order valence-electron chi connectivity index (χ1n) is 8.19. The van der Waals surface area contributed by atoms with E-state index in [1.54, 1.807) is 0 Å². The Bertz CT molecular complexity index is 461. The normalized spacial score (nSPS) is 13.9. The van der Waals surface area contributed by atoms with Gasteiger partial charge in [0.05, 0.1) is 0 Å². The molecule has 0 spiro atoms. The number of halogens is 2. The van der Waals surface area contributed by atoms with E-state index in [-0.39, 0.29) is 30.7 Å². The van der Waals surface area contributed by atoms with Crippen LogP contribution in [-0.4, -0.2) is 68.1 Å². The van der Waals surface area contributed by atoms with Crippen molar-refractivity contribution in [3.8, 4) is 5.75 Å². The van der Waals surface area contributed by atoms with E-state index in [1.807, 2.05) is 29.2 Å². The highest BCUT2D eigenvalue weighted by Gasteiger charge is 2.17. The van der Waals surface area contributed by atoms with Crippen LogP contribution >= 0.6 is 24.8 Å². The van der Waals surface area contributed by atoms with Gasteiger partial charge in [0.1, 0.15) is 12.4 Å². The molecule has 0 radical (unpaired) electrons. The minimum Gasteiger partial charge on any atom is -0.492 e. The van der Waals surface area contributed by atoms with Gasteiger partial charge in [-0.05, 0) is 37.4 Å². The van der Waals surface area contributed by atoms with Crippen LogP contribution < -0.4 is 10.1 Å². The molecule has 138 valence electrons. The van der Waals surface area contributed by atoms with Crippen LogP contribution in [0.2, 0.25) is 0 Å². The van der Waals surface area contributed by atoms with Crippen molar-refractivity contribution in [3.63, 3.8) is 0 Å². The molecule has 24 heavy (non-hydrogen) atoms. The van der Waals surface area contributed by atoms with Crippen LogP contribution in [0.5, 0.6) is 5.75 Å². The lowest BCUT2D eigenvalue weighted by molar-refractivity contribution is 0.0736. The average molecular weight is 378 g/mol. The number of likely N-dealkylation sites (N-methyl/N-ethyl adjacent to an activating group) is 1. The number of ether oxygens (including phenoxy) is 1. The summed E-state index contributed by atoms with van der Waals surface area (Å²) in [6.07, 6.45) is 0. The summed E-state index contributed by atoms with van der Waals surface area (Å²) >= 11 is 0. The summed E-state index contributed by atoms with van der Waals surface area (Å²) in [5.74, 6) is 0.931. The molecule has 2 rings (SSSR count). The van der Waals surface area contributed by atoms with Crippen molar-refractivity contribution in [2.24, 2.45) is 0 Å². The van der Waals surface area contributed by atoms with Crippen molar-refractivity contribution in [2.45, 2.75) is 13.8 Å². The molecule has 1 N–H and O–H groups in total. The maximum absolute atomic E-state index is 12.3. The highest BCUT2D eigenvalue weighted by atomic mass is 35.5. The molecule has 1 aliphatic heterocycles. The number of piperazine rings is 1.